The van der Waals surface area contributed by atoms with Crippen LogP contribution >= 0.6 is 0 Å². The minimum absolute atomic E-state index is 0.336. The highest BCUT2D eigenvalue weighted by Crippen LogP contribution is 2.58. The smallest absolute Gasteiger partial charge is 0.340 e. The molecule has 1 unspecified atom stereocenters. The van der Waals surface area contributed by atoms with Gasteiger partial charge in [-0.3, -0.25) is 0 Å². The van der Waals surface area contributed by atoms with Crippen molar-refractivity contribution in [1.82, 2.24) is 9.78 Å². The molecular weight excluding hydrogens is 438 g/mol. The number of carbonyl (C=O) groups is 1. The highest BCUT2D eigenvalue weighted by Gasteiger charge is 2.56. The summed E-state index contributed by atoms with van der Waals surface area (Å²) in [6.07, 6.45) is 0. The van der Waals surface area contributed by atoms with Crippen LogP contribution in [0.5, 0.6) is 11.6 Å². The molecule has 6 nitrogen and oxygen atoms in total. The summed E-state index contributed by atoms with van der Waals surface area (Å²) in [6.45, 7) is 7.95. The van der Waals surface area contributed by atoms with Gasteiger partial charge in [0.2, 0.25) is 5.88 Å². The maximum absolute atomic E-state index is 13.2. The lowest BCUT2D eigenvalue weighted by Crippen LogP contribution is -2.34. The van der Waals surface area contributed by atoms with E-state index in [4.69, 9.17) is 9.47 Å². The lowest BCUT2D eigenvalue weighted by atomic mass is 9.77. The van der Waals surface area contributed by atoms with Crippen molar-refractivity contribution < 1.29 is 14.3 Å². The molecule has 0 bridgehead atoms. The topological polar surface area (TPSA) is 56.6 Å². The number of fused-ring (bicyclic) bond motifs is 6. The molecule has 4 aromatic rings. The molecule has 6 heteroatoms. The van der Waals surface area contributed by atoms with Crippen molar-refractivity contribution in [2.75, 3.05) is 18.0 Å². The van der Waals surface area contributed by atoms with Gasteiger partial charge in [0.05, 0.1) is 16.8 Å². The van der Waals surface area contributed by atoms with Crippen molar-refractivity contribution in [3.8, 4) is 22.8 Å². The zero-order valence-electron chi connectivity index (χ0n) is 20.3. The summed E-state index contributed by atoms with van der Waals surface area (Å²) >= 11 is 0. The van der Waals surface area contributed by atoms with Crippen LogP contribution in [0.1, 0.15) is 46.6 Å². The summed E-state index contributed by atoms with van der Waals surface area (Å²) in [4.78, 5) is 15.5. The van der Waals surface area contributed by atoms with Gasteiger partial charge in [-0.05, 0) is 38.5 Å². The van der Waals surface area contributed by atoms with Crippen LogP contribution in [0.2, 0.25) is 0 Å². The minimum Gasteiger partial charge on any atom is -0.440 e. The summed E-state index contributed by atoms with van der Waals surface area (Å²) in [5.41, 5.74) is 5.88. The van der Waals surface area contributed by atoms with Crippen LogP contribution < -0.4 is 9.64 Å². The normalized spacial score (nSPS) is 17.4. The van der Waals surface area contributed by atoms with E-state index in [0.29, 0.717) is 17.2 Å². The summed E-state index contributed by atoms with van der Waals surface area (Å²) < 4.78 is 14.6. The first kappa shape index (κ1) is 21.5. The summed E-state index contributed by atoms with van der Waals surface area (Å²) in [5, 5.41) is 4.65. The lowest BCUT2D eigenvalue weighted by molar-refractivity contribution is 0.0221. The zero-order chi connectivity index (χ0) is 24.3. The summed E-state index contributed by atoms with van der Waals surface area (Å²) in [7, 11) is 1.86. The van der Waals surface area contributed by atoms with Crippen molar-refractivity contribution in [2.24, 2.45) is 7.05 Å². The number of hydrogen-bond acceptors (Lipinski definition) is 5. The largest absolute Gasteiger partial charge is 0.440 e. The molecule has 176 valence electrons. The standard InChI is InChI=1S/C29H27N3O3/c1-5-32(6-2)24-17-25-23(16-21(24)19-12-8-7-9-13-19)29(26-18(3)30-31(4)27(26)34-25)22-15-11-10-14-20(22)28(33)35-29/h7-17H,5-6H2,1-4H3. The third-order valence-corrected chi connectivity index (χ3v) is 7.17. The Morgan fingerprint density at radius 2 is 1.66 bits per heavy atom. The number of aryl methyl sites for hydroxylation is 2. The molecule has 1 spiro atoms. The fourth-order valence-corrected chi connectivity index (χ4v) is 5.60. The van der Waals surface area contributed by atoms with Crippen molar-refractivity contribution >= 4 is 11.7 Å². The molecule has 0 radical (unpaired) electrons. The molecule has 0 fully saturated rings. The fraction of sp³-hybridized carbons (Fsp3) is 0.241. The molecular formula is C29H27N3O3. The molecule has 1 atom stereocenters. The van der Waals surface area contributed by atoms with E-state index in [1.54, 1.807) is 4.68 Å². The van der Waals surface area contributed by atoms with Gasteiger partial charge in [-0.2, -0.15) is 5.10 Å². The molecule has 0 amide bonds. The van der Waals surface area contributed by atoms with E-state index in [-0.39, 0.29) is 5.97 Å². The quantitative estimate of drug-likeness (QED) is 0.356. The number of rotatable bonds is 4. The molecule has 2 aliphatic rings. The van der Waals surface area contributed by atoms with E-state index in [2.05, 4.69) is 48.1 Å². The Morgan fingerprint density at radius 1 is 0.943 bits per heavy atom. The van der Waals surface area contributed by atoms with Gasteiger partial charge in [0.25, 0.3) is 0 Å². The first-order valence-electron chi connectivity index (χ1n) is 12.0. The van der Waals surface area contributed by atoms with E-state index >= 15 is 0 Å². The number of nitrogens with zero attached hydrogens (tertiary/aromatic N) is 3. The minimum atomic E-state index is -1.12. The van der Waals surface area contributed by atoms with Crippen LogP contribution in [0.3, 0.4) is 0 Å². The first-order chi connectivity index (χ1) is 17.0. The van der Waals surface area contributed by atoms with Gasteiger partial charge in [-0.25, -0.2) is 9.48 Å². The molecule has 0 saturated heterocycles. The molecule has 3 aromatic carbocycles. The number of esters is 1. The number of carbonyl (C=O) groups excluding carboxylic acids is 1. The van der Waals surface area contributed by atoms with E-state index in [0.717, 1.165) is 52.3 Å². The molecule has 0 saturated carbocycles. The van der Waals surface area contributed by atoms with Crippen molar-refractivity contribution in [1.29, 1.82) is 0 Å². The summed E-state index contributed by atoms with van der Waals surface area (Å²) in [6, 6.07) is 22.2. The fourth-order valence-electron chi connectivity index (χ4n) is 5.60. The predicted molar refractivity (Wildman–Crippen MR) is 135 cm³/mol. The molecule has 35 heavy (non-hydrogen) atoms. The van der Waals surface area contributed by atoms with Gasteiger partial charge < -0.3 is 14.4 Å². The monoisotopic (exact) mass is 465 g/mol. The maximum Gasteiger partial charge on any atom is 0.340 e. The van der Waals surface area contributed by atoms with Gasteiger partial charge in [0.1, 0.15) is 5.75 Å². The Kier molecular flexibility index (Phi) is 4.74. The third kappa shape index (κ3) is 2.89. The Hall–Kier alpha value is -4.06. The SMILES string of the molecule is CCN(CC)c1cc2c(cc1-c1ccccc1)C1(OC(=O)c3ccccc31)c1c(C)nn(C)c1O2. The Balaban J connectivity index is 1.72. The average Bonchev–Trinajstić information content (AvgIpc) is 3.33. The predicted octanol–water partition coefficient (Wildman–Crippen LogP) is 5.81. The van der Waals surface area contributed by atoms with Crippen LogP contribution in [0.4, 0.5) is 5.69 Å². The van der Waals surface area contributed by atoms with Crippen LogP contribution in [-0.4, -0.2) is 28.8 Å². The number of anilines is 1. The van der Waals surface area contributed by atoms with Gasteiger partial charge in [-0.1, -0.05) is 48.5 Å². The van der Waals surface area contributed by atoms with Crippen LogP contribution in [0.25, 0.3) is 11.1 Å². The second-order valence-electron chi connectivity index (χ2n) is 9.01. The second kappa shape index (κ2) is 7.73. The molecule has 3 heterocycles. The van der Waals surface area contributed by atoms with Crippen LogP contribution in [0, 0.1) is 6.92 Å². The van der Waals surface area contributed by atoms with Crippen molar-refractivity contribution in [3.63, 3.8) is 0 Å². The van der Waals surface area contributed by atoms with Gasteiger partial charge in [0.15, 0.2) is 5.60 Å². The van der Waals surface area contributed by atoms with Crippen molar-refractivity contribution in [2.45, 2.75) is 26.4 Å². The number of ether oxygens (including phenoxy) is 2. The van der Waals surface area contributed by atoms with Gasteiger partial charge in [-0.15, -0.1) is 0 Å². The molecule has 0 aliphatic carbocycles. The lowest BCUT2D eigenvalue weighted by Gasteiger charge is -2.37. The van der Waals surface area contributed by atoms with Crippen LogP contribution in [0.15, 0.2) is 66.7 Å². The molecule has 1 aromatic heterocycles. The van der Waals surface area contributed by atoms with E-state index in [1.165, 1.54) is 0 Å². The number of hydrogen-bond donors (Lipinski definition) is 0. The Labute approximate surface area is 204 Å². The molecule has 2 aliphatic heterocycles. The zero-order valence-corrected chi connectivity index (χ0v) is 20.3. The maximum atomic E-state index is 13.2. The van der Waals surface area contributed by atoms with E-state index in [9.17, 15) is 4.79 Å². The Bertz CT molecular complexity index is 1470. The first-order valence-corrected chi connectivity index (χ1v) is 12.0. The third-order valence-electron chi connectivity index (χ3n) is 7.17. The van der Waals surface area contributed by atoms with Gasteiger partial charge >= 0.3 is 5.97 Å². The van der Waals surface area contributed by atoms with E-state index < -0.39 is 5.60 Å². The average molecular weight is 466 g/mol. The van der Waals surface area contributed by atoms with Gasteiger partial charge in [0, 0.05) is 48.6 Å². The van der Waals surface area contributed by atoms with Crippen LogP contribution in [-0.2, 0) is 17.4 Å². The number of benzene rings is 3. The molecule has 0 N–H and O–H groups in total. The highest BCUT2D eigenvalue weighted by atomic mass is 16.6. The van der Waals surface area contributed by atoms with Crippen molar-refractivity contribution in [3.05, 3.63) is 94.7 Å². The second-order valence-corrected chi connectivity index (χ2v) is 9.01. The summed E-state index contributed by atoms with van der Waals surface area (Å²) in [5.74, 6) is 0.931. The highest BCUT2D eigenvalue weighted by molar-refractivity contribution is 5.97. The Morgan fingerprint density at radius 3 is 2.40 bits per heavy atom. The van der Waals surface area contributed by atoms with E-state index in [1.807, 2.05) is 56.4 Å². The molecule has 6 rings (SSSR count). The number of aromatic nitrogens is 2.